The van der Waals surface area contributed by atoms with E-state index >= 15 is 0 Å². The van der Waals surface area contributed by atoms with Gasteiger partial charge in [0.1, 0.15) is 5.82 Å². The van der Waals surface area contributed by atoms with Gasteiger partial charge in [-0.2, -0.15) is 0 Å². The number of nitrogens with one attached hydrogen (secondary N) is 1. The van der Waals surface area contributed by atoms with Crippen molar-refractivity contribution in [3.63, 3.8) is 0 Å². The van der Waals surface area contributed by atoms with Gasteiger partial charge in [-0.05, 0) is 29.5 Å². The fourth-order valence-electron chi connectivity index (χ4n) is 1.98. The molecule has 1 aromatic carbocycles. The SMILES string of the molecule is CC(CN)C(=O)NC(CC(C)(C)C)c1ccc(F)cc1.Cl. The molecular formula is C16H26ClFN2O. The Morgan fingerprint density at radius 1 is 1.29 bits per heavy atom. The van der Waals surface area contributed by atoms with Crippen LogP contribution in [-0.2, 0) is 4.79 Å². The van der Waals surface area contributed by atoms with Gasteiger partial charge in [0.05, 0.1) is 6.04 Å². The summed E-state index contributed by atoms with van der Waals surface area (Å²) in [6.07, 6.45) is 0.779. The Morgan fingerprint density at radius 3 is 2.24 bits per heavy atom. The van der Waals surface area contributed by atoms with E-state index < -0.39 is 0 Å². The zero-order valence-electron chi connectivity index (χ0n) is 13.2. The number of rotatable bonds is 5. The summed E-state index contributed by atoms with van der Waals surface area (Å²) in [5.74, 6) is -0.561. The van der Waals surface area contributed by atoms with E-state index in [4.69, 9.17) is 5.73 Å². The topological polar surface area (TPSA) is 55.1 Å². The second-order valence-corrected chi connectivity index (χ2v) is 6.51. The van der Waals surface area contributed by atoms with Crippen molar-refractivity contribution < 1.29 is 9.18 Å². The van der Waals surface area contributed by atoms with Crippen LogP contribution in [0.25, 0.3) is 0 Å². The molecule has 120 valence electrons. The minimum absolute atomic E-state index is 0. The first-order valence-corrected chi connectivity index (χ1v) is 6.99. The minimum Gasteiger partial charge on any atom is -0.349 e. The molecule has 0 saturated heterocycles. The molecule has 0 aromatic heterocycles. The Balaban J connectivity index is 0.00000400. The summed E-state index contributed by atoms with van der Waals surface area (Å²) in [6.45, 7) is 8.46. The highest BCUT2D eigenvalue weighted by Gasteiger charge is 2.23. The number of nitrogens with two attached hydrogens (primary N) is 1. The lowest BCUT2D eigenvalue weighted by molar-refractivity contribution is -0.125. The number of hydrogen-bond acceptors (Lipinski definition) is 2. The van der Waals surface area contributed by atoms with Crippen LogP contribution in [0.5, 0.6) is 0 Å². The van der Waals surface area contributed by atoms with E-state index in [2.05, 4.69) is 26.1 Å². The lowest BCUT2D eigenvalue weighted by atomic mass is 9.85. The first kappa shape index (κ1) is 19.9. The fraction of sp³-hybridized carbons (Fsp3) is 0.562. The van der Waals surface area contributed by atoms with E-state index in [9.17, 15) is 9.18 Å². The van der Waals surface area contributed by atoms with E-state index in [0.717, 1.165) is 12.0 Å². The molecule has 0 fully saturated rings. The highest BCUT2D eigenvalue weighted by molar-refractivity contribution is 5.85. The van der Waals surface area contributed by atoms with Crippen molar-refractivity contribution in [2.45, 2.75) is 40.2 Å². The summed E-state index contributed by atoms with van der Waals surface area (Å²) in [7, 11) is 0. The van der Waals surface area contributed by atoms with Crippen LogP contribution in [-0.4, -0.2) is 12.5 Å². The zero-order chi connectivity index (χ0) is 15.3. The molecule has 0 saturated carbocycles. The largest absolute Gasteiger partial charge is 0.349 e. The van der Waals surface area contributed by atoms with E-state index in [0.29, 0.717) is 6.54 Å². The molecular weight excluding hydrogens is 291 g/mol. The summed E-state index contributed by atoms with van der Waals surface area (Å²) in [4.78, 5) is 12.0. The molecule has 21 heavy (non-hydrogen) atoms. The number of hydrogen-bond donors (Lipinski definition) is 2. The van der Waals surface area contributed by atoms with Crippen molar-refractivity contribution in [3.05, 3.63) is 35.6 Å². The highest BCUT2D eigenvalue weighted by Crippen LogP contribution is 2.29. The second kappa shape index (κ2) is 8.35. The van der Waals surface area contributed by atoms with E-state index in [1.54, 1.807) is 19.1 Å². The van der Waals surface area contributed by atoms with Crippen LogP contribution in [0.15, 0.2) is 24.3 Å². The Labute approximate surface area is 132 Å². The summed E-state index contributed by atoms with van der Waals surface area (Å²) in [5, 5.41) is 3.02. The summed E-state index contributed by atoms with van der Waals surface area (Å²) < 4.78 is 13.0. The molecule has 0 radical (unpaired) electrons. The molecule has 0 aliphatic rings. The maximum Gasteiger partial charge on any atom is 0.224 e. The van der Waals surface area contributed by atoms with Gasteiger partial charge < -0.3 is 11.1 Å². The average Bonchev–Trinajstić information content (AvgIpc) is 2.36. The fourth-order valence-corrected chi connectivity index (χ4v) is 1.98. The highest BCUT2D eigenvalue weighted by atomic mass is 35.5. The summed E-state index contributed by atoms with van der Waals surface area (Å²) >= 11 is 0. The molecule has 3 nitrogen and oxygen atoms in total. The van der Waals surface area contributed by atoms with Crippen LogP contribution in [0, 0.1) is 17.2 Å². The molecule has 0 spiro atoms. The van der Waals surface area contributed by atoms with Gasteiger partial charge in [-0.25, -0.2) is 4.39 Å². The Hall–Kier alpha value is -1.13. The van der Waals surface area contributed by atoms with Gasteiger partial charge in [-0.1, -0.05) is 39.8 Å². The Morgan fingerprint density at radius 2 is 1.81 bits per heavy atom. The first-order chi connectivity index (χ1) is 9.23. The van der Waals surface area contributed by atoms with Gasteiger partial charge in [-0.3, -0.25) is 4.79 Å². The van der Waals surface area contributed by atoms with Gasteiger partial charge in [0.25, 0.3) is 0 Å². The Kier molecular flexibility index (Phi) is 7.90. The predicted molar refractivity (Wildman–Crippen MR) is 86.8 cm³/mol. The van der Waals surface area contributed by atoms with Crippen molar-refractivity contribution in [2.75, 3.05) is 6.54 Å². The molecule has 1 rings (SSSR count). The van der Waals surface area contributed by atoms with Crippen LogP contribution in [0.3, 0.4) is 0 Å². The standard InChI is InChI=1S/C16H25FN2O.ClH/c1-11(10-18)15(20)19-14(9-16(2,3)4)12-5-7-13(17)8-6-12;/h5-8,11,14H,9-10,18H2,1-4H3,(H,19,20);1H. The van der Waals surface area contributed by atoms with Crippen LogP contribution >= 0.6 is 12.4 Å². The number of carbonyl (C=O) groups is 1. The Bertz CT molecular complexity index is 443. The maximum absolute atomic E-state index is 13.0. The molecule has 0 heterocycles. The van der Waals surface area contributed by atoms with Crippen LogP contribution in [0.2, 0.25) is 0 Å². The van der Waals surface area contributed by atoms with Crippen molar-refractivity contribution in [2.24, 2.45) is 17.1 Å². The van der Waals surface area contributed by atoms with Gasteiger partial charge in [0.15, 0.2) is 0 Å². The molecule has 2 unspecified atom stereocenters. The van der Waals surface area contributed by atoms with Gasteiger partial charge in [0, 0.05) is 12.5 Å². The normalized spacial score (nSPS) is 14.0. The third kappa shape index (κ3) is 6.91. The van der Waals surface area contributed by atoms with Gasteiger partial charge in [0.2, 0.25) is 5.91 Å². The van der Waals surface area contributed by atoms with E-state index in [1.807, 2.05) is 0 Å². The van der Waals surface area contributed by atoms with E-state index in [1.165, 1.54) is 12.1 Å². The summed E-state index contributed by atoms with van der Waals surface area (Å²) in [6, 6.07) is 6.16. The smallest absolute Gasteiger partial charge is 0.224 e. The monoisotopic (exact) mass is 316 g/mol. The number of amides is 1. The second-order valence-electron chi connectivity index (χ2n) is 6.51. The first-order valence-electron chi connectivity index (χ1n) is 6.99. The molecule has 1 aromatic rings. The van der Waals surface area contributed by atoms with Gasteiger partial charge >= 0.3 is 0 Å². The lowest BCUT2D eigenvalue weighted by Gasteiger charge is -2.28. The lowest BCUT2D eigenvalue weighted by Crippen LogP contribution is -2.37. The van der Waals surface area contributed by atoms with Crippen molar-refractivity contribution in [3.8, 4) is 0 Å². The molecule has 0 aliphatic heterocycles. The third-order valence-corrected chi connectivity index (χ3v) is 3.21. The van der Waals surface area contributed by atoms with E-state index in [-0.39, 0.29) is 41.5 Å². The minimum atomic E-state index is -0.273. The maximum atomic E-state index is 13.0. The van der Waals surface area contributed by atoms with Gasteiger partial charge in [-0.15, -0.1) is 12.4 Å². The van der Waals surface area contributed by atoms with Crippen LogP contribution in [0.4, 0.5) is 4.39 Å². The van der Waals surface area contributed by atoms with Crippen molar-refractivity contribution in [1.82, 2.24) is 5.32 Å². The molecule has 5 heteroatoms. The zero-order valence-corrected chi connectivity index (χ0v) is 14.0. The predicted octanol–water partition coefficient (Wildman–Crippen LogP) is 3.44. The van der Waals surface area contributed by atoms with Crippen molar-refractivity contribution >= 4 is 18.3 Å². The van der Waals surface area contributed by atoms with Crippen molar-refractivity contribution in [1.29, 1.82) is 0 Å². The molecule has 0 bridgehead atoms. The molecule has 0 aliphatic carbocycles. The third-order valence-electron chi connectivity index (χ3n) is 3.21. The van der Waals surface area contributed by atoms with Crippen LogP contribution < -0.4 is 11.1 Å². The number of benzene rings is 1. The molecule has 1 amide bonds. The average molecular weight is 317 g/mol. The number of carbonyl (C=O) groups excluding carboxylic acids is 1. The summed E-state index contributed by atoms with van der Waals surface area (Å²) in [5.41, 5.74) is 6.49. The quantitative estimate of drug-likeness (QED) is 0.874. The van der Waals surface area contributed by atoms with Crippen LogP contribution in [0.1, 0.15) is 45.7 Å². The molecule has 2 atom stereocenters. The number of halogens is 2. The molecule has 3 N–H and O–H groups in total.